The summed E-state index contributed by atoms with van der Waals surface area (Å²) in [5.74, 6) is 0.522. The fourth-order valence-corrected chi connectivity index (χ4v) is 1.46. The van der Waals surface area contributed by atoms with E-state index in [1.165, 1.54) is 6.20 Å². The molecule has 1 amide bonds. The lowest BCUT2D eigenvalue weighted by atomic mass is 10.2. The predicted octanol–water partition coefficient (Wildman–Crippen LogP) is 2.29. The van der Waals surface area contributed by atoms with Crippen LogP contribution >= 0.6 is 12.6 Å². The Bertz CT molecular complexity index is 556. The Hall–Kier alpha value is -2.22. The number of carbonyl (C=O) groups excluding carboxylic acids is 2. The van der Waals surface area contributed by atoms with Crippen LogP contribution in [0, 0.1) is 0 Å². The smallest absolute Gasteiger partial charge is 0.407 e. The number of aromatic nitrogens is 1. The molecule has 0 aliphatic rings. The molecule has 2 N–H and O–H groups in total. The number of pyridine rings is 1. The average molecular weight is 355 g/mol. The van der Waals surface area contributed by atoms with Crippen molar-refractivity contribution in [3.05, 3.63) is 35.0 Å². The SMILES string of the molecule is CN/C=C(\S)C=O.COc1cccc(CNC(=O)OC(C)(C)C)n1. The summed E-state index contributed by atoms with van der Waals surface area (Å²) in [5.41, 5.74) is 0.224. The molecule has 1 heterocycles. The maximum atomic E-state index is 11.4. The molecule has 0 atom stereocenters. The number of rotatable bonds is 5. The Morgan fingerprint density at radius 3 is 2.50 bits per heavy atom. The highest BCUT2D eigenvalue weighted by molar-refractivity contribution is 7.85. The summed E-state index contributed by atoms with van der Waals surface area (Å²) >= 11 is 3.74. The van der Waals surface area contributed by atoms with Gasteiger partial charge in [0.2, 0.25) is 5.88 Å². The fourth-order valence-electron chi connectivity index (χ4n) is 1.33. The molecule has 134 valence electrons. The van der Waals surface area contributed by atoms with Gasteiger partial charge in [-0.2, -0.15) is 0 Å². The molecule has 1 aromatic heterocycles. The van der Waals surface area contributed by atoms with Gasteiger partial charge in [0.05, 0.1) is 24.3 Å². The van der Waals surface area contributed by atoms with Crippen molar-refractivity contribution < 1.29 is 19.1 Å². The van der Waals surface area contributed by atoms with Crippen molar-refractivity contribution in [1.82, 2.24) is 15.6 Å². The van der Waals surface area contributed by atoms with E-state index in [1.54, 1.807) is 26.3 Å². The van der Waals surface area contributed by atoms with Gasteiger partial charge in [-0.1, -0.05) is 6.07 Å². The van der Waals surface area contributed by atoms with Gasteiger partial charge < -0.3 is 20.1 Å². The highest BCUT2D eigenvalue weighted by Gasteiger charge is 2.15. The number of nitrogens with zero attached hydrogens (tertiary/aromatic N) is 1. The number of aldehydes is 1. The van der Waals surface area contributed by atoms with Crippen LogP contribution in [0.4, 0.5) is 4.79 Å². The number of methoxy groups -OCH3 is 1. The highest BCUT2D eigenvalue weighted by atomic mass is 32.1. The van der Waals surface area contributed by atoms with Crippen molar-refractivity contribution in [2.75, 3.05) is 14.2 Å². The Kier molecular flexibility index (Phi) is 10.3. The molecule has 0 spiro atoms. The van der Waals surface area contributed by atoms with Crippen molar-refractivity contribution >= 4 is 25.0 Å². The van der Waals surface area contributed by atoms with E-state index < -0.39 is 11.7 Å². The third kappa shape index (κ3) is 11.4. The molecule has 0 radical (unpaired) electrons. The zero-order valence-electron chi connectivity index (χ0n) is 14.6. The molecule has 0 aliphatic carbocycles. The van der Waals surface area contributed by atoms with Crippen LogP contribution < -0.4 is 15.4 Å². The second kappa shape index (κ2) is 11.3. The number of hydrogen-bond acceptors (Lipinski definition) is 7. The van der Waals surface area contributed by atoms with Crippen LogP contribution in [0.25, 0.3) is 0 Å². The summed E-state index contributed by atoms with van der Waals surface area (Å²) < 4.78 is 10.1. The lowest BCUT2D eigenvalue weighted by molar-refractivity contribution is -0.104. The van der Waals surface area contributed by atoms with Crippen molar-refractivity contribution in [1.29, 1.82) is 0 Å². The molecule has 24 heavy (non-hydrogen) atoms. The van der Waals surface area contributed by atoms with Crippen LogP contribution in [0.1, 0.15) is 26.5 Å². The summed E-state index contributed by atoms with van der Waals surface area (Å²) in [6.45, 7) is 5.76. The Morgan fingerprint density at radius 1 is 1.38 bits per heavy atom. The fraction of sp³-hybridized carbons (Fsp3) is 0.438. The minimum Gasteiger partial charge on any atom is -0.481 e. The molecule has 0 fully saturated rings. The lowest BCUT2D eigenvalue weighted by Crippen LogP contribution is -2.32. The van der Waals surface area contributed by atoms with Crippen molar-refractivity contribution in [3.8, 4) is 5.88 Å². The maximum absolute atomic E-state index is 11.4. The summed E-state index contributed by atoms with van der Waals surface area (Å²) in [6.07, 6.45) is 1.72. The summed E-state index contributed by atoms with van der Waals surface area (Å²) in [6, 6.07) is 5.37. The summed E-state index contributed by atoms with van der Waals surface area (Å²) in [7, 11) is 3.26. The number of nitrogens with one attached hydrogen (secondary N) is 2. The van der Waals surface area contributed by atoms with E-state index in [-0.39, 0.29) is 0 Å². The molecule has 0 unspecified atom stereocenters. The largest absolute Gasteiger partial charge is 0.481 e. The topological polar surface area (TPSA) is 89.6 Å². The normalized spacial score (nSPS) is 10.8. The second-order valence-corrected chi connectivity index (χ2v) is 6.02. The van der Waals surface area contributed by atoms with E-state index >= 15 is 0 Å². The Morgan fingerprint density at radius 2 is 2.04 bits per heavy atom. The molecule has 0 saturated carbocycles. The first-order chi connectivity index (χ1) is 11.2. The molecule has 0 aromatic carbocycles. The molecule has 8 heteroatoms. The molecule has 0 bridgehead atoms. The number of thiol groups is 1. The van der Waals surface area contributed by atoms with Gasteiger partial charge in [-0.05, 0) is 26.8 Å². The van der Waals surface area contributed by atoms with Crippen LogP contribution in [0.15, 0.2) is 29.3 Å². The van der Waals surface area contributed by atoms with Crippen molar-refractivity contribution in [2.45, 2.75) is 32.9 Å². The predicted molar refractivity (Wildman–Crippen MR) is 96.1 cm³/mol. The number of ether oxygens (including phenoxy) is 2. The average Bonchev–Trinajstić information content (AvgIpc) is 2.52. The quantitative estimate of drug-likeness (QED) is 0.427. The summed E-state index contributed by atoms with van der Waals surface area (Å²) in [4.78, 5) is 25.7. The second-order valence-electron chi connectivity index (χ2n) is 5.50. The van der Waals surface area contributed by atoms with Gasteiger partial charge in [-0.3, -0.25) is 4.79 Å². The Balaban J connectivity index is 0.000000640. The van der Waals surface area contributed by atoms with Crippen LogP contribution in [0.2, 0.25) is 0 Å². The molecule has 0 aliphatic heterocycles. The first-order valence-corrected chi connectivity index (χ1v) is 7.65. The van der Waals surface area contributed by atoms with Gasteiger partial charge in [0.15, 0.2) is 6.29 Å². The van der Waals surface area contributed by atoms with Gasteiger partial charge in [0.1, 0.15) is 5.60 Å². The Labute approximate surface area is 148 Å². The van der Waals surface area contributed by atoms with E-state index in [4.69, 9.17) is 9.47 Å². The number of carbonyl (C=O) groups is 2. The van der Waals surface area contributed by atoms with E-state index in [0.717, 1.165) is 5.69 Å². The van der Waals surface area contributed by atoms with Crippen molar-refractivity contribution in [3.63, 3.8) is 0 Å². The van der Waals surface area contributed by atoms with Gasteiger partial charge in [0, 0.05) is 19.3 Å². The van der Waals surface area contributed by atoms with Gasteiger partial charge in [-0.25, -0.2) is 9.78 Å². The standard InChI is InChI=1S/C12H18N2O3.C4H7NOS/c1-12(2,3)17-11(15)13-8-9-6-5-7-10(14-9)16-4;1-5-2-4(7)3-6/h5-7H,8H2,1-4H3,(H,13,15);2-3,5,7H,1H3/b;4-2-. The third-order valence-electron chi connectivity index (χ3n) is 2.22. The van der Waals surface area contributed by atoms with Crippen LogP contribution in [-0.4, -0.2) is 37.1 Å². The molecular formula is C16H25N3O4S. The van der Waals surface area contributed by atoms with E-state index in [2.05, 4.69) is 28.2 Å². The first-order valence-electron chi connectivity index (χ1n) is 7.20. The monoisotopic (exact) mass is 355 g/mol. The number of allylic oxidation sites excluding steroid dienone is 1. The van der Waals surface area contributed by atoms with Gasteiger partial charge in [0.25, 0.3) is 0 Å². The van der Waals surface area contributed by atoms with Gasteiger partial charge in [-0.15, -0.1) is 12.6 Å². The first kappa shape index (κ1) is 21.8. The third-order valence-corrected chi connectivity index (χ3v) is 2.45. The molecule has 1 aromatic rings. The number of amides is 1. The van der Waals surface area contributed by atoms with Gasteiger partial charge >= 0.3 is 6.09 Å². The number of hydrogen-bond donors (Lipinski definition) is 3. The van der Waals surface area contributed by atoms with E-state index in [1.807, 2.05) is 26.8 Å². The zero-order valence-corrected chi connectivity index (χ0v) is 15.5. The molecule has 1 rings (SSSR count). The van der Waals surface area contributed by atoms with Crippen LogP contribution in [0.5, 0.6) is 5.88 Å². The summed E-state index contributed by atoms with van der Waals surface area (Å²) in [5, 5.41) is 5.28. The highest BCUT2D eigenvalue weighted by Crippen LogP contribution is 2.08. The van der Waals surface area contributed by atoms with Crippen molar-refractivity contribution in [2.24, 2.45) is 0 Å². The van der Waals surface area contributed by atoms with Crippen LogP contribution in [0.3, 0.4) is 0 Å². The lowest BCUT2D eigenvalue weighted by Gasteiger charge is -2.19. The minimum absolute atomic E-state index is 0.312. The molecule has 7 nitrogen and oxygen atoms in total. The maximum Gasteiger partial charge on any atom is 0.407 e. The van der Waals surface area contributed by atoms with Crippen LogP contribution in [-0.2, 0) is 16.1 Å². The van der Waals surface area contributed by atoms with E-state index in [9.17, 15) is 9.59 Å². The molecule has 0 saturated heterocycles. The minimum atomic E-state index is -0.494. The molecular weight excluding hydrogens is 330 g/mol. The zero-order chi connectivity index (χ0) is 18.6. The number of alkyl carbamates (subject to hydrolysis) is 1. The van der Waals surface area contributed by atoms with E-state index in [0.29, 0.717) is 23.6 Å².